The van der Waals surface area contributed by atoms with Gasteiger partial charge in [0.15, 0.2) is 0 Å². The number of carboxylic acid groups (broad SMARTS) is 1. The summed E-state index contributed by atoms with van der Waals surface area (Å²) >= 11 is 0. The lowest BCUT2D eigenvalue weighted by atomic mass is 10.2. The van der Waals surface area contributed by atoms with E-state index in [4.69, 9.17) is 5.11 Å². The van der Waals surface area contributed by atoms with E-state index in [0.717, 1.165) is 11.1 Å². The molecule has 2 rings (SSSR count). The lowest BCUT2D eigenvalue weighted by Gasteiger charge is -1.94. The third kappa shape index (κ3) is 1.62. The third-order valence-electron chi connectivity index (χ3n) is 2.17. The van der Waals surface area contributed by atoms with Gasteiger partial charge in [-0.25, -0.2) is 0 Å². The Morgan fingerprint density at radius 2 is 2.29 bits per heavy atom. The summed E-state index contributed by atoms with van der Waals surface area (Å²) in [6, 6.07) is 5.93. The van der Waals surface area contributed by atoms with Crippen LogP contribution < -0.4 is 0 Å². The first-order valence-electron chi connectivity index (χ1n) is 4.44. The summed E-state index contributed by atoms with van der Waals surface area (Å²) < 4.78 is 1.94. The average Bonchev–Trinajstić information content (AvgIpc) is 2.44. The molecule has 0 radical (unpaired) electrons. The molecule has 0 aliphatic carbocycles. The van der Waals surface area contributed by atoms with Crippen molar-refractivity contribution in [3.05, 3.63) is 41.7 Å². The first kappa shape index (κ1) is 8.81. The van der Waals surface area contributed by atoms with Crippen molar-refractivity contribution in [2.24, 2.45) is 0 Å². The van der Waals surface area contributed by atoms with E-state index in [1.54, 1.807) is 0 Å². The standard InChI is InChI=1S/C11H11NO2/c1-8-2-3-12-7-9(6-11(13)14)5-10(12)4-8/h2-5,7H,6H2,1H3,(H,13,14). The second-order valence-electron chi connectivity index (χ2n) is 3.46. The van der Waals surface area contributed by atoms with Gasteiger partial charge >= 0.3 is 5.97 Å². The van der Waals surface area contributed by atoms with E-state index < -0.39 is 5.97 Å². The summed E-state index contributed by atoms with van der Waals surface area (Å²) in [6.45, 7) is 2.02. The summed E-state index contributed by atoms with van der Waals surface area (Å²) in [7, 11) is 0. The predicted octanol–water partition coefficient (Wildman–Crippen LogP) is 1.87. The van der Waals surface area contributed by atoms with Crippen molar-refractivity contribution >= 4 is 11.5 Å². The van der Waals surface area contributed by atoms with Crippen LogP contribution in [0.2, 0.25) is 0 Å². The average molecular weight is 189 g/mol. The monoisotopic (exact) mass is 189 g/mol. The number of aliphatic carboxylic acids is 1. The molecule has 0 aliphatic heterocycles. The predicted molar refractivity (Wildman–Crippen MR) is 53.5 cm³/mol. The van der Waals surface area contributed by atoms with Gasteiger partial charge in [0.25, 0.3) is 0 Å². The quantitative estimate of drug-likeness (QED) is 0.783. The number of pyridine rings is 1. The molecule has 0 bridgehead atoms. The molecule has 2 aromatic heterocycles. The topological polar surface area (TPSA) is 41.7 Å². The van der Waals surface area contributed by atoms with Gasteiger partial charge in [0, 0.05) is 17.9 Å². The van der Waals surface area contributed by atoms with Crippen LogP contribution in [0.5, 0.6) is 0 Å². The first-order chi connectivity index (χ1) is 6.65. The SMILES string of the molecule is Cc1ccn2cc(CC(=O)O)cc2c1. The Bertz CT molecular complexity index is 485. The van der Waals surface area contributed by atoms with E-state index in [0.29, 0.717) is 0 Å². The molecular formula is C11H11NO2. The number of hydrogen-bond donors (Lipinski definition) is 1. The van der Waals surface area contributed by atoms with Gasteiger partial charge in [0.2, 0.25) is 0 Å². The van der Waals surface area contributed by atoms with Crippen molar-refractivity contribution in [2.45, 2.75) is 13.3 Å². The highest BCUT2D eigenvalue weighted by Crippen LogP contribution is 2.12. The molecule has 0 saturated heterocycles. The number of carboxylic acids is 1. The molecule has 3 heteroatoms. The number of aryl methyl sites for hydroxylation is 1. The van der Waals surface area contributed by atoms with Crippen molar-refractivity contribution in [1.29, 1.82) is 0 Å². The molecule has 2 heterocycles. The van der Waals surface area contributed by atoms with Crippen LogP contribution in [0.1, 0.15) is 11.1 Å². The molecule has 72 valence electrons. The Balaban J connectivity index is 2.46. The minimum Gasteiger partial charge on any atom is -0.481 e. The number of hydrogen-bond acceptors (Lipinski definition) is 1. The van der Waals surface area contributed by atoms with Gasteiger partial charge in [-0.15, -0.1) is 0 Å². The number of carbonyl (C=O) groups is 1. The Morgan fingerprint density at radius 3 is 3.00 bits per heavy atom. The number of aromatic nitrogens is 1. The number of rotatable bonds is 2. The number of fused-ring (bicyclic) bond motifs is 1. The summed E-state index contributed by atoms with van der Waals surface area (Å²) in [6.07, 6.45) is 3.87. The normalized spacial score (nSPS) is 10.6. The van der Waals surface area contributed by atoms with Crippen LogP contribution in [0.4, 0.5) is 0 Å². The van der Waals surface area contributed by atoms with Gasteiger partial charge < -0.3 is 9.51 Å². The van der Waals surface area contributed by atoms with Crippen molar-refractivity contribution in [1.82, 2.24) is 4.40 Å². The second kappa shape index (κ2) is 3.18. The summed E-state index contributed by atoms with van der Waals surface area (Å²) in [5, 5.41) is 8.64. The molecule has 0 unspecified atom stereocenters. The van der Waals surface area contributed by atoms with Crippen molar-refractivity contribution < 1.29 is 9.90 Å². The maximum Gasteiger partial charge on any atom is 0.307 e. The lowest BCUT2D eigenvalue weighted by molar-refractivity contribution is -0.136. The van der Waals surface area contributed by atoms with E-state index >= 15 is 0 Å². The molecule has 0 aromatic carbocycles. The van der Waals surface area contributed by atoms with Gasteiger partial charge in [0.05, 0.1) is 6.42 Å². The molecule has 0 amide bonds. The van der Waals surface area contributed by atoms with Gasteiger partial charge in [-0.1, -0.05) is 0 Å². The van der Waals surface area contributed by atoms with Crippen LogP contribution in [0, 0.1) is 6.92 Å². The minimum absolute atomic E-state index is 0.0841. The second-order valence-corrected chi connectivity index (χ2v) is 3.46. The van der Waals surface area contributed by atoms with Crippen LogP contribution in [0.3, 0.4) is 0 Å². The molecular weight excluding hydrogens is 178 g/mol. The zero-order valence-electron chi connectivity index (χ0n) is 7.90. The molecule has 0 aliphatic rings. The van der Waals surface area contributed by atoms with Crippen molar-refractivity contribution in [3.8, 4) is 0 Å². The van der Waals surface area contributed by atoms with E-state index in [1.807, 2.05) is 41.9 Å². The van der Waals surface area contributed by atoms with Crippen molar-refractivity contribution in [3.63, 3.8) is 0 Å². The van der Waals surface area contributed by atoms with Crippen LogP contribution in [-0.4, -0.2) is 15.5 Å². The Hall–Kier alpha value is -1.77. The van der Waals surface area contributed by atoms with E-state index in [-0.39, 0.29) is 6.42 Å². The molecule has 1 N–H and O–H groups in total. The molecule has 0 atom stereocenters. The summed E-state index contributed by atoms with van der Waals surface area (Å²) in [4.78, 5) is 10.5. The van der Waals surface area contributed by atoms with E-state index in [2.05, 4.69) is 0 Å². The van der Waals surface area contributed by atoms with E-state index in [9.17, 15) is 4.79 Å². The van der Waals surface area contributed by atoms with Gasteiger partial charge in [-0.2, -0.15) is 0 Å². The molecule has 3 nitrogen and oxygen atoms in total. The smallest absolute Gasteiger partial charge is 0.307 e. The zero-order chi connectivity index (χ0) is 10.1. The highest BCUT2D eigenvalue weighted by atomic mass is 16.4. The maximum atomic E-state index is 10.5. The fourth-order valence-corrected chi connectivity index (χ4v) is 1.55. The van der Waals surface area contributed by atoms with Gasteiger partial charge in [-0.3, -0.25) is 4.79 Å². The van der Waals surface area contributed by atoms with Gasteiger partial charge in [-0.05, 0) is 36.2 Å². The van der Waals surface area contributed by atoms with Crippen LogP contribution in [0.15, 0.2) is 30.6 Å². The Kier molecular flexibility index (Phi) is 2.00. The van der Waals surface area contributed by atoms with Gasteiger partial charge in [0.1, 0.15) is 0 Å². The minimum atomic E-state index is -0.794. The van der Waals surface area contributed by atoms with Crippen LogP contribution >= 0.6 is 0 Å². The van der Waals surface area contributed by atoms with E-state index in [1.165, 1.54) is 5.56 Å². The first-order valence-corrected chi connectivity index (χ1v) is 4.44. The summed E-state index contributed by atoms with van der Waals surface area (Å²) in [5.41, 5.74) is 3.06. The third-order valence-corrected chi connectivity index (χ3v) is 2.17. The van der Waals surface area contributed by atoms with Crippen LogP contribution in [0.25, 0.3) is 5.52 Å². The molecule has 2 aromatic rings. The fraction of sp³-hybridized carbons (Fsp3) is 0.182. The highest BCUT2D eigenvalue weighted by Gasteiger charge is 2.03. The number of nitrogens with zero attached hydrogens (tertiary/aromatic N) is 1. The molecule has 14 heavy (non-hydrogen) atoms. The molecule has 0 saturated carbocycles. The zero-order valence-corrected chi connectivity index (χ0v) is 7.90. The fourth-order valence-electron chi connectivity index (χ4n) is 1.55. The highest BCUT2D eigenvalue weighted by molar-refractivity contribution is 5.71. The Labute approximate surface area is 81.6 Å². The van der Waals surface area contributed by atoms with Crippen molar-refractivity contribution in [2.75, 3.05) is 0 Å². The maximum absolute atomic E-state index is 10.5. The largest absolute Gasteiger partial charge is 0.481 e. The molecule has 0 spiro atoms. The van der Waals surface area contributed by atoms with Crippen LogP contribution in [-0.2, 0) is 11.2 Å². The Morgan fingerprint density at radius 1 is 1.50 bits per heavy atom. The summed E-state index contributed by atoms with van der Waals surface area (Å²) in [5.74, 6) is -0.794. The lowest BCUT2D eigenvalue weighted by Crippen LogP contribution is -1.98. The molecule has 0 fully saturated rings.